The third-order valence-corrected chi connectivity index (χ3v) is 2.20. The fourth-order valence-corrected chi connectivity index (χ4v) is 1.37. The molecule has 17 heavy (non-hydrogen) atoms. The molecule has 0 radical (unpaired) electrons. The molecule has 0 aliphatic heterocycles. The van der Waals surface area contributed by atoms with E-state index in [-0.39, 0.29) is 6.54 Å². The maximum atomic E-state index is 13.4. The molecule has 2 N–H and O–H groups in total. The highest BCUT2D eigenvalue weighted by Crippen LogP contribution is 2.21. The first-order valence-corrected chi connectivity index (χ1v) is 4.96. The van der Waals surface area contributed by atoms with Crippen molar-refractivity contribution in [1.29, 1.82) is 0 Å². The molecule has 0 unspecified atom stereocenters. The number of nitrogens with zero attached hydrogens (tertiary/aromatic N) is 1. The van der Waals surface area contributed by atoms with Crippen LogP contribution in [0, 0.1) is 5.82 Å². The Hall–Kier alpha value is -2.11. The molecule has 0 aromatic heterocycles. The Morgan fingerprint density at radius 1 is 1.41 bits per heavy atom. The van der Waals surface area contributed by atoms with Crippen LogP contribution in [-0.4, -0.2) is 40.1 Å². The topological polar surface area (TPSA) is 77.8 Å². The fraction of sp³-hybridized carbons (Fsp3) is 0.273. The number of halogens is 1. The Morgan fingerprint density at radius 2 is 2.06 bits per heavy atom. The van der Waals surface area contributed by atoms with E-state index in [9.17, 15) is 19.1 Å². The first kappa shape index (κ1) is 13.0. The smallest absolute Gasteiger partial charge is 0.323 e. The van der Waals surface area contributed by atoms with Gasteiger partial charge in [0, 0.05) is 6.54 Å². The maximum absolute atomic E-state index is 13.4. The molecule has 0 fully saturated rings. The number of aromatic hydroxyl groups is 1. The third-order valence-electron chi connectivity index (χ3n) is 2.20. The summed E-state index contributed by atoms with van der Waals surface area (Å²) in [5.74, 6) is -3.42. The normalized spacial score (nSPS) is 10.0. The second-order valence-electron chi connectivity index (χ2n) is 3.35. The number of phenols is 1. The monoisotopic (exact) mass is 241 g/mol. The van der Waals surface area contributed by atoms with Gasteiger partial charge in [0.25, 0.3) is 5.91 Å². The van der Waals surface area contributed by atoms with Crippen LogP contribution in [0.4, 0.5) is 4.39 Å². The Balaban J connectivity index is 3.06. The van der Waals surface area contributed by atoms with Crippen LogP contribution in [0.1, 0.15) is 17.3 Å². The van der Waals surface area contributed by atoms with Gasteiger partial charge in [0.15, 0.2) is 0 Å². The summed E-state index contributed by atoms with van der Waals surface area (Å²) < 4.78 is 13.4. The Labute approximate surface area is 97.1 Å². The zero-order chi connectivity index (χ0) is 13.0. The first-order valence-electron chi connectivity index (χ1n) is 4.96. The van der Waals surface area contributed by atoms with Crippen molar-refractivity contribution in [2.24, 2.45) is 0 Å². The van der Waals surface area contributed by atoms with E-state index in [1.807, 2.05) is 0 Å². The zero-order valence-corrected chi connectivity index (χ0v) is 9.18. The van der Waals surface area contributed by atoms with E-state index in [1.54, 1.807) is 6.92 Å². The third kappa shape index (κ3) is 2.93. The van der Waals surface area contributed by atoms with Crippen molar-refractivity contribution >= 4 is 11.9 Å². The SMILES string of the molecule is CCN(CC(=O)O)C(=O)c1c(O)cccc1F. The molecule has 0 bridgehead atoms. The number of likely N-dealkylation sites (N-methyl/N-ethyl adjacent to an activating group) is 1. The predicted octanol–water partition coefficient (Wildman–Crippen LogP) is 1.08. The average Bonchev–Trinajstić information content (AvgIpc) is 2.25. The molecule has 6 heteroatoms. The number of hydrogen-bond donors (Lipinski definition) is 2. The molecule has 0 saturated carbocycles. The summed E-state index contributed by atoms with van der Waals surface area (Å²) in [6, 6.07) is 3.46. The van der Waals surface area contributed by atoms with Crippen molar-refractivity contribution < 1.29 is 24.2 Å². The van der Waals surface area contributed by atoms with Crippen LogP contribution in [0.3, 0.4) is 0 Å². The molecule has 1 aromatic carbocycles. The maximum Gasteiger partial charge on any atom is 0.323 e. The van der Waals surface area contributed by atoms with Crippen molar-refractivity contribution in [2.75, 3.05) is 13.1 Å². The van der Waals surface area contributed by atoms with Crippen LogP contribution >= 0.6 is 0 Å². The summed E-state index contributed by atoms with van der Waals surface area (Å²) in [7, 11) is 0. The minimum atomic E-state index is -1.20. The van der Waals surface area contributed by atoms with Crippen molar-refractivity contribution in [3.63, 3.8) is 0 Å². The molecule has 0 aliphatic carbocycles. The van der Waals surface area contributed by atoms with Gasteiger partial charge >= 0.3 is 5.97 Å². The number of phenolic OH excluding ortho intramolecular Hbond substituents is 1. The highest BCUT2D eigenvalue weighted by molar-refractivity contribution is 5.98. The van der Waals surface area contributed by atoms with Crippen molar-refractivity contribution in [2.45, 2.75) is 6.92 Å². The average molecular weight is 241 g/mol. The lowest BCUT2D eigenvalue weighted by molar-refractivity contribution is -0.137. The molecular weight excluding hydrogens is 229 g/mol. The van der Waals surface area contributed by atoms with Gasteiger partial charge < -0.3 is 15.1 Å². The summed E-state index contributed by atoms with van der Waals surface area (Å²) in [5, 5.41) is 18.0. The predicted molar refractivity (Wildman–Crippen MR) is 57.3 cm³/mol. The van der Waals surface area contributed by atoms with E-state index in [1.165, 1.54) is 12.1 Å². The van der Waals surface area contributed by atoms with Gasteiger partial charge in [-0.3, -0.25) is 9.59 Å². The standard InChI is InChI=1S/C11H12FNO4/c1-2-13(6-9(15)16)11(17)10-7(12)4-3-5-8(10)14/h3-5,14H,2,6H2,1H3,(H,15,16). The fourth-order valence-electron chi connectivity index (χ4n) is 1.37. The number of carboxylic acids is 1. The number of carbonyl (C=O) groups excluding carboxylic acids is 1. The Kier molecular flexibility index (Phi) is 4.03. The van der Waals surface area contributed by atoms with Gasteiger partial charge in [-0.2, -0.15) is 0 Å². The number of aliphatic carboxylic acids is 1. The van der Waals surface area contributed by atoms with Crippen LogP contribution in [-0.2, 0) is 4.79 Å². The molecule has 0 atom stereocenters. The summed E-state index contributed by atoms with van der Waals surface area (Å²) in [4.78, 5) is 23.3. The molecule has 0 saturated heterocycles. The molecule has 1 rings (SSSR count). The minimum absolute atomic E-state index is 0.110. The van der Waals surface area contributed by atoms with Gasteiger partial charge in [-0.05, 0) is 19.1 Å². The van der Waals surface area contributed by atoms with Gasteiger partial charge in [0.05, 0.1) is 0 Å². The highest BCUT2D eigenvalue weighted by Gasteiger charge is 2.23. The number of rotatable bonds is 4. The van der Waals surface area contributed by atoms with E-state index in [0.717, 1.165) is 11.0 Å². The summed E-state index contributed by atoms with van der Waals surface area (Å²) in [5.41, 5.74) is -0.504. The summed E-state index contributed by atoms with van der Waals surface area (Å²) in [6.45, 7) is 1.14. The number of carboxylic acid groups (broad SMARTS) is 1. The molecule has 1 amide bonds. The van der Waals surface area contributed by atoms with Crippen LogP contribution < -0.4 is 0 Å². The second-order valence-corrected chi connectivity index (χ2v) is 3.35. The van der Waals surface area contributed by atoms with Gasteiger partial charge in [-0.1, -0.05) is 6.07 Å². The molecule has 0 heterocycles. The van der Waals surface area contributed by atoms with Crippen LogP contribution in [0.25, 0.3) is 0 Å². The molecular formula is C11H12FNO4. The second kappa shape index (κ2) is 5.29. The van der Waals surface area contributed by atoms with Crippen molar-refractivity contribution in [1.82, 2.24) is 4.90 Å². The lowest BCUT2D eigenvalue weighted by atomic mass is 10.1. The highest BCUT2D eigenvalue weighted by atomic mass is 19.1. The first-order chi connectivity index (χ1) is 7.97. The Bertz CT molecular complexity index is 427. The number of hydrogen-bond acceptors (Lipinski definition) is 3. The van der Waals surface area contributed by atoms with E-state index in [2.05, 4.69) is 0 Å². The lowest BCUT2D eigenvalue weighted by Gasteiger charge is -2.19. The van der Waals surface area contributed by atoms with Crippen LogP contribution in [0.5, 0.6) is 5.75 Å². The van der Waals surface area contributed by atoms with Crippen molar-refractivity contribution in [3.8, 4) is 5.75 Å². The van der Waals surface area contributed by atoms with Gasteiger partial charge in [0.1, 0.15) is 23.7 Å². The largest absolute Gasteiger partial charge is 0.507 e. The summed E-state index contributed by atoms with van der Waals surface area (Å²) >= 11 is 0. The van der Waals surface area contributed by atoms with Crippen LogP contribution in [0.15, 0.2) is 18.2 Å². The number of carbonyl (C=O) groups is 2. The zero-order valence-electron chi connectivity index (χ0n) is 9.18. The lowest BCUT2D eigenvalue weighted by Crippen LogP contribution is -2.35. The Morgan fingerprint density at radius 3 is 2.53 bits per heavy atom. The van der Waals surface area contributed by atoms with Crippen LogP contribution in [0.2, 0.25) is 0 Å². The molecule has 1 aromatic rings. The van der Waals surface area contributed by atoms with Gasteiger partial charge in [-0.25, -0.2) is 4.39 Å². The number of benzene rings is 1. The molecule has 5 nitrogen and oxygen atoms in total. The van der Waals surface area contributed by atoms with Gasteiger partial charge in [-0.15, -0.1) is 0 Å². The van der Waals surface area contributed by atoms with Crippen molar-refractivity contribution in [3.05, 3.63) is 29.6 Å². The van der Waals surface area contributed by atoms with E-state index >= 15 is 0 Å². The summed E-state index contributed by atoms with van der Waals surface area (Å²) in [6.07, 6.45) is 0. The quantitative estimate of drug-likeness (QED) is 0.826. The molecule has 0 aliphatic rings. The minimum Gasteiger partial charge on any atom is -0.507 e. The van der Waals surface area contributed by atoms with E-state index < -0.39 is 35.6 Å². The molecule has 0 spiro atoms. The van der Waals surface area contributed by atoms with E-state index in [4.69, 9.17) is 5.11 Å². The van der Waals surface area contributed by atoms with E-state index in [0.29, 0.717) is 0 Å². The number of amides is 1. The molecule has 92 valence electrons. The van der Waals surface area contributed by atoms with Gasteiger partial charge in [0.2, 0.25) is 0 Å².